The minimum atomic E-state index is -4.24. The Morgan fingerprint density at radius 1 is 1.00 bits per heavy atom. The van der Waals surface area contributed by atoms with Crippen LogP contribution in [0.15, 0.2) is 28.6 Å². The number of hydrogen-bond acceptors (Lipinski definition) is 9. The summed E-state index contributed by atoms with van der Waals surface area (Å²) < 4.78 is 25.5. The Balaban J connectivity index is 1.79. The SMILES string of the molecule is CC(=O)Nc1nnc(S(=O)(=O)NC(=O)CCCC(=O)Nc2ccc(C(=O)O)cc2)s1. The van der Waals surface area contributed by atoms with E-state index in [0.717, 1.165) is 0 Å². The van der Waals surface area contributed by atoms with E-state index in [2.05, 4.69) is 20.8 Å². The maximum absolute atomic E-state index is 12.1. The fourth-order valence-corrected chi connectivity index (χ4v) is 4.05. The van der Waals surface area contributed by atoms with Gasteiger partial charge in [0.2, 0.25) is 22.9 Å². The first-order valence-electron chi connectivity index (χ1n) is 8.37. The van der Waals surface area contributed by atoms with Crippen LogP contribution in [-0.2, 0) is 24.4 Å². The molecule has 0 bridgehead atoms. The molecule has 0 radical (unpaired) electrons. The average Bonchev–Trinajstić information content (AvgIpc) is 3.10. The van der Waals surface area contributed by atoms with Crippen LogP contribution in [0, 0.1) is 0 Å². The third-order valence-electron chi connectivity index (χ3n) is 3.39. The Labute approximate surface area is 174 Å². The highest BCUT2D eigenvalue weighted by atomic mass is 32.2. The van der Waals surface area contributed by atoms with Crippen LogP contribution < -0.4 is 15.4 Å². The van der Waals surface area contributed by atoms with Crippen LogP contribution in [0.3, 0.4) is 0 Å². The third-order valence-corrected chi connectivity index (χ3v) is 5.97. The Bertz CT molecular complexity index is 1060. The number of aromatic nitrogens is 2. The molecule has 0 aliphatic carbocycles. The van der Waals surface area contributed by atoms with Crippen LogP contribution in [0.25, 0.3) is 0 Å². The minimum absolute atomic E-state index is 0.0246. The van der Waals surface area contributed by atoms with Crippen molar-refractivity contribution in [2.45, 2.75) is 30.5 Å². The van der Waals surface area contributed by atoms with Crippen LogP contribution in [0.5, 0.6) is 0 Å². The van der Waals surface area contributed by atoms with Crippen LogP contribution in [-0.4, -0.2) is 47.4 Å². The lowest BCUT2D eigenvalue weighted by Crippen LogP contribution is -2.30. The predicted molar refractivity (Wildman–Crippen MR) is 105 cm³/mol. The zero-order valence-corrected chi connectivity index (χ0v) is 17.2. The van der Waals surface area contributed by atoms with Gasteiger partial charge < -0.3 is 15.7 Å². The highest BCUT2D eigenvalue weighted by molar-refractivity contribution is 7.92. The summed E-state index contributed by atoms with van der Waals surface area (Å²) in [5.74, 6) is -2.79. The molecule has 4 N–H and O–H groups in total. The summed E-state index contributed by atoms with van der Waals surface area (Å²) in [4.78, 5) is 45.5. The number of benzene rings is 1. The monoisotopic (exact) mass is 455 g/mol. The number of carbonyl (C=O) groups excluding carboxylic acids is 3. The Hall–Kier alpha value is -3.39. The van der Waals surface area contributed by atoms with E-state index >= 15 is 0 Å². The molecule has 3 amide bonds. The molecule has 0 unspecified atom stereocenters. The first kappa shape index (κ1) is 22.9. The first-order valence-corrected chi connectivity index (χ1v) is 10.7. The van der Waals surface area contributed by atoms with Gasteiger partial charge in [0.05, 0.1) is 5.56 Å². The summed E-state index contributed by atoms with van der Waals surface area (Å²) in [5.41, 5.74) is 0.466. The van der Waals surface area contributed by atoms with Gasteiger partial charge in [-0.05, 0) is 30.7 Å². The quantitative estimate of drug-likeness (QED) is 0.397. The minimum Gasteiger partial charge on any atom is -0.478 e. The Morgan fingerprint density at radius 3 is 2.23 bits per heavy atom. The standard InChI is InChI=1S/C16H17N5O7S2/c1-9(22)17-15-19-20-16(29-15)30(27,28)21-13(24)4-2-3-12(23)18-11-7-5-10(6-8-11)14(25)26/h5-8H,2-4H2,1H3,(H,18,23)(H,21,24)(H,25,26)(H,17,19,22). The number of sulfonamides is 1. The van der Waals surface area contributed by atoms with Crippen molar-refractivity contribution in [2.75, 3.05) is 10.6 Å². The van der Waals surface area contributed by atoms with Gasteiger partial charge in [-0.1, -0.05) is 11.3 Å². The highest BCUT2D eigenvalue weighted by Crippen LogP contribution is 2.19. The molecular weight excluding hydrogens is 438 g/mol. The molecule has 1 heterocycles. The molecule has 2 rings (SSSR count). The molecule has 14 heteroatoms. The molecular formula is C16H17N5O7S2. The lowest BCUT2D eigenvalue weighted by Gasteiger charge is -2.06. The van der Waals surface area contributed by atoms with Crippen LogP contribution in [0.4, 0.5) is 10.8 Å². The predicted octanol–water partition coefficient (Wildman–Crippen LogP) is 0.809. The number of aromatic carboxylic acids is 1. The molecule has 0 saturated heterocycles. The number of carboxylic acids is 1. The number of hydrogen-bond donors (Lipinski definition) is 4. The molecule has 160 valence electrons. The van der Waals surface area contributed by atoms with E-state index in [-0.39, 0.29) is 30.0 Å². The van der Waals surface area contributed by atoms with Crippen molar-refractivity contribution >= 4 is 55.9 Å². The number of carboxylic acid groups (broad SMARTS) is 1. The van der Waals surface area contributed by atoms with E-state index in [9.17, 15) is 27.6 Å². The molecule has 30 heavy (non-hydrogen) atoms. The fraction of sp³-hybridized carbons (Fsp3) is 0.250. The molecule has 12 nitrogen and oxygen atoms in total. The van der Waals surface area contributed by atoms with E-state index in [1.807, 2.05) is 4.72 Å². The number of carbonyl (C=O) groups is 4. The normalized spacial score (nSPS) is 10.8. The third kappa shape index (κ3) is 6.89. The van der Waals surface area contributed by atoms with Gasteiger partial charge in [0.25, 0.3) is 14.4 Å². The van der Waals surface area contributed by atoms with Crippen molar-refractivity contribution in [3.05, 3.63) is 29.8 Å². The molecule has 0 spiro atoms. The largest absolute Gasteiger partial charge is 0.478 e. The zero-order valence-electron chi connectivity index (χ0n) is 15.5. The van der Waals surface area contributed by atoms with E-state index in [1.165, 1.54) is 31.2 Å². The summed E-state index contributed by atoms with van der Waals surface area (Å²) in [5, 5.41) is 20.5. The second-order valence-electron chi connectivity index (χ2n) is 5.87. The van der Waals surface area contributed by atoms with Gasteiger partial charge in [-0.25, -0.2) is 9.52 Å². The van der Waals surface area contributed by atoms with Gasteiger partial charge in [0, 0.05) is 25.5 Å². The highest BCUT2D eigenvalue weighted by Gasteiger charge is 2.23. The van der Waals surface area contributed by atoms with Gasteiger partial charge in [-0.15, -0.1) is 10.2 Å². The Morgan fingerprint density at radius 2 is 1.63 bits per heavy atom. The Kier molecular flexibility index (Phi) is 7.54. The van der Waals surface area contributed by atoms with Crippen molar-refractivity contribution in [3.8, 4) is 0 Å². The lowest BCUT2D eigenvalue weighted by atomic mass is 10.2. The van der Waals surface area contributed by atoms with E-state index in [0.29, 0.717) is 17.0 Å². The maximum Gasteiger partial charge on any atom is 0.335 e. The molecule has 2 aromatic rings. The van der Waals surface area contributed by atoms with Gasteiger partial charge >= 0.3 is 5.97 Å². The molecule has 0 fully saturated rings. The number of nitrogens with one attached hydrogen (secondary N) is 3. The smallest absolute Gasteiger partial charge is 0.335 e. The zero-order chi connectivity index (χ0) is 22.3. The van der Waals surface area contributed by atoms with Crippen molar-refractivity contribution in [2.24, 2.45) is 0 Å². The molecule has 0 aliphatic heterocycles. The maximum atomic E-state index is 12.1. The number of nitrogens with zero attached hydrogens (tertiary/aromatic N) is 2. The van der Waals surface area contributed by atoms with Crippen molar-refractivity contribution in [1.82, 2.24) is 14.9 Å². The molecule has 0 saturated carbocycles. The molecule has 0 atom stereocenters. The van der Waals surface area contributed by atoms with Crippen LogP contribution in [0.2, 0.25) is 0 Å². The van der Waals surface area contributed by atoms with Gasteiger partial charge in [0.15, 0.2) is 0 Å². The topological polar surface area (TPSA) is 185 Å². The van der Waals surface area contributed by atoms with Gasteiger partial charge in [-0.2, -0.15) is 8.42 Å². The number of rotatable bonds is 9. The number of anilines is 2. The van der Waals surface area contributed by atoms with Crippen molar-refractivity contribution in [1.29, 1.82) is 0 Å². The van der Waals surface area contributed by atoms with Crippen molar-refractivity contribution in [3.63, 3.8) is 0 Å². The van der Waals surface area contributed by atoms with Gasteiger partial charge in [0.1, 0.15) is 0 Å². The summed E-state index contributed by atoms with van der Waals surface area (Å²) in [6.07, 6.45) is -0.213. The van der Waals surface area contributed by atoms with Gasteiger partial charge in [-0.3, -0.25) is 14.4 Å². The van der Waals surface area contributed by atoms with E-state index < -0.39 is 38.1 Å². The molecule has 0 aliphatic rings. The molecule has 1 aromatic heterocycles. The van der Waals surface area contributed by atoms with Crippen LogP contribution in [0.1, 0.15) is 36.5 Å². The van der Waals surface area contributed by atoms with E-state index in [1.54, 1.807) is 0 Å². The second kappa shape index (κ2) is 9.89. The number of amides is 3. The summed E-state index contributed by atoms with van der Waals surface area (Å²) in [6, 6.07) is 5.53. The summed E-state index contributed by atoms with van der Waals surface area (Å²) in [6.45, 7) is 1.22. The van der Waals surface area contributed by atoms with Crippen LogP contribution >= 0.6 is 11.3 Å². The second-order valence-corrected chi connectivity index (χ2v) is 8.70. The van der Waals surface area contributed by atoms with Crippen molar-refractivity contribution < 1.29 is 32.7 Å². The summed E-state index contributed by atoms with van der Waals surface area (Å²) >= 11 is 0.585. The molecule has 1 aromatic carbocycles. The lowest BCUT2D eigenvalue weighted by molar-refractivity contribution is -0.120. The summed E-state index contributed by atoms with van der Waals surface area (Å²) in [7, 11) is -4.24. The van der Waals surface area contributed by atoms with E-state index in [4.69, 9.17) is 5.11 Å². The first-order chi connectivity index (χ1) is 14.1. The fourth-order valence-electron chi connectivity index (χ4n) is 2.09. The average molecular weight is 455 g/mol.